The largest absolute Gasteiger partial charge is 0.423 e. The van der Waals surface area contributed by atoms with E-state index in [4.69, 9.17) is 4.74 Å². The number of aliphatic hydroxyl groups is 1. The molecule has 0 spiro atoms. The molecular weight excluding hydrogens is 272 g/mol. The molecule has 21 heavy (non-hydrogen) atoms. The van der Waals surface area contributed by atoms with Gasteiger partial charge in [-0.15, -0.1) is 0 Å². The third-order valence-electron chi connectivity index (χ3n) is 3.60. The van der Waals surface area contributed by atoms with Gasteiger partial charge in [0.15, 0.2) is 5.78 Å². The Kier molecular flexibility index (Phi) is 5.81. The fraction of sp³-hybridized carbons (Fsp3) is 0.375. The number of hydrogen-bond donors (Lipinski definition) is 1. The smallest absolute Gasteiger partial charge is 0.335 e. The Morgan fingerprint density at radius 3 is 2.24 bits per heavy atom. The van der Waals surface area contributed by atoms with Crippen molar-refractivity contribution in [2.24, 2.45) is 0 Å². The summed E-state index contributed by atoms with van der Waals surface area (Å²) in [7, 11) is 0. The van der Waals surface area contributed by atoms with Crippen LogP contribution in [0.25, 0.3) is 0 Å². The highest BCUT2D eigenvalue weighted by Crippen LogP contribution is 2.31. The van der Waals surface area contributed by atoms with Crippen molar-refractivity contribution in [3.8, 4) is 5.75 Å². The third kappa shape index (κ3) is 4.00. The summed E-state index contributed by atoms with van der Waals surface area (Å²) in [6.45, 7) is 3.31. The van der Waals surface area contributed by atoms with Crippen molar-refractivity contribution < 1.29 is 24.9 Å². The van der Waals surface area contributed by atoms with Crippen molar-refractivity contribution >= 4 is 11.8 Å². The molecule has 0 saturated heterocycles. The Morgan fingerprint density at radius 1 is 1.14 bits per heavy atom. The van der Waals surface area contributed by atoms with Crippen LogP contribution in [0.4, 0.5) is 0 Å². The molecule has 1 aliphatic carbocycles. The van der Waals surface area contributed by atoms with Crippen LogP contribution in [0.1, 0.15) is 42.5 Å². The first-order valence-corrected chi connectivity index (χ1v) is 6.77. The van der Waals surface area contributed by atoms with Crippen LogP contribution in [-0.4, -0.2) is 27.9 Å². The van der Waals surface area contributed by atoms with Crippen molar-refractivity contribution in [3.63, 3.8) is 0 Å². The van der Waals surface area contributed by atoms with E-state index in [-0.39, 0.29) is 11.3 Å². The van der Waals surface area contributed by atoms with Gasteiger partial charge in [0.05, 0.1) is 0 Å². The average Bonchev–Trinajstić information content (AvgIpc) is 2.48. The Balaban J connectivity index is 0.00000220. The van der Waals surface area contributed by atoms with Crippen LogP contribution >= 0.6 is 0 Å². The van der Waals surface area contributed by atoms with Gasteiger partial charge in [0, 0.05) is 11.6 Å². The zero-order valence-corrected chi connectivity index (χ0v) is 11.8. The van der Waals surface area contributed by atoms with Crippen LogP contribution in [0.15, 0.2) is 36.9 Å². The van der Waals surface area contributed by atoms with Gasteiger partial charge in [0.2, 0.25) is 0 Å². The maximum atomic E-state index is 12.3. The number of rotatable bonds is 4. The lowest BCUT2D eigenvalue weighted by Crippen LogP contribution is -2.40. The van der Waals surface area contributed by atoms with Gasteiger partial charge in [0.25, 0.3) is 0 Å². The predicted octanol–water partition coefficient (Wildman–Crippen LogP) is 1.83. The van der Waals surface area contributed by atoms with Gasteiger partial charge in [-0.2, -0.15) is 0 Å². The number of carbonyl (C=O) groups is 2. The van der Waals surface area contributed by atoms with Crippen molar-refractivity contribution in [3.05, 3.63) is 42.5 Å². The molecule has 1 aromatic carbocycles. The van der Waals surface area contributed by atoms with E-state index < -0.39 is 11.6 Å². The van der Waals surface area contributed by atoms with E-state index in [2.05, 4.69) is 6.58 Å². The van der Waals surface area contributed by atoms with E-state index >= 15 is 0 Å². The molecule has 0 radical (unpaired) electrons. The van der Waals surface area contributed by atoms with Gasteiger partial charge >= 0.3 is 5.97 Å². The van der Waals surface area contributed by atoms with Gasteiger partial charge in [-0.1, -0.05) is 25.8 Å². The summed E-state index contributed by atoms with van der Waals surface area (Å²) in [4.78, 5) is 23.4. The lowest BCUT2D eigenvalue weighted by molar-refractivity contribution is -0.128. The Hall–Kier alpha value is -1.98. The standard InChI is InChI=1S/C16H18O4.H2O/c1-2-14(17)20-13-8-6-12(7-9-13)15(18)16(19)10-4-3-5-11-16;/h2,6-9,19H,1,3-5,10-11H2;1H2. The summed E-state index contributed by atoms with van der Waals surface area (Å²) in [6.07, 6.45) is 4.91. The molecule has 0 heterocycles. The predicted molar refractivity (Wildman–Crippen MR) is 78.3 cm³/mol. The van der Waals surface area contributed by atoms with E-state index in [9.17, 15) is 14.7 Å². The van der Waals surface area contributed by atoms with Gasteiger partial charge in [-0.3, -0.25) is 4.79 Å². The summed E-state index contributed by atoms with van der Waals surface area (Å²) in [5.41, 5.74) is -0.801. The Bertz CT molecular complexity index is 512. The number of ketones is 1. The highest BCUT2D eigenvalue weighted by atomic mass is 16.5. The second-order valence-corrected chi connectivity index (χ2v) is 5.07. The minimum absolute atomic E-state index is 0. The molecule has 1 fully saturated rings. The molecule has 114 valence electrons. The second-order valence-electron chi connectivity index (χ2n) is 5.07. The second kappa shape index (κ2) is 7.15. The fourth-order valence-corrected chi connectivity index (χ4v) is 2.46. The minimum atomic E-state index is -1.24. The first kappa shape index (κ1) is 17.1. The number of carbonyl (C=O) groups excluding carboxylic acids is 2. The lowest BCUT2D eigenvalue weighted by Gasteiger charge is -2.30. The SMILES string of the molecule is C=CC(=O)Oc1ccc(C(=O)C2(O)CCCCC2)cc1.O. The molecule has 5 heteroatoms. The van der Waals surface area contributed by atoms with E-state index in [1.165, 1.54) is 0 Å². The summed E-state index contributed by atoms with van der Waals surface area (Å²) in [5, 5.41) is 10.4. The van der Waals surface area contributed by atoms with Crippen LogP contribution in [0.5, 0.6) is 5.75 Å². The zero-order chi connectivity index (χ0) is 14.6. The third-order valence-corrected chi connectivity index (χ3v) is 3.60. The summed E-state index contributed by atoms with van der Waals surface area (Å²) >= 11 is 0. The van der Waals surface area contributed by atoms with Gasteiger partial charge < -0.3 is 15.3 Å². The Morgan fingerprint density at radius 2 is 1.71 bits per heavy atom. The first-order chi connectivity index (χ1) is 9.55. The number of esters is 1. The lowest BCUT2D eigenvalue weighted by atomic mass is 9.79. The van der Waals surface area contributed by atoms with Crippen LogP contribution in [0.2, 0.25) is 0 Å². The number of Topliss-reactive ketones (excluding diaryl/α,β-unsaturated/α-hetero) is 1. The Labute approximate surface area is 123 Å². The van der Waals surface area contributed by atoms with Crippen molar-refractivity contribution in [2.75, 3.05) is 0 Å². The molecule has 1 aliphatic rings. The van der Waals surface area contributed by atoms with E-state index in [0.29, 0.717) is 24.2 Å². The molecule has 5 nitrogen and oxygen atoms in total. The quantitative estimate of drug-likeness (QED) is 0.396. The maximum absolute atomic E-state index is 12.3. The topological polar surface area (TPSA) is 95.1 Å². The maximum Gasteiger partial charge on any atom is 0.335 e. The number of benzene rings is 1. The molecule has 0 atom stereocenters. The van der Waals surface area contributed by atoms with Crippen molar-refractivity contribution in [1.29, 1.82) is 0 Å². The summed E-state index contributed by atoms with van der Waals surface area (Å²) in [6, 6.07) is 6.23. The van der Waals surface area contributed by atoms with Crippen LogP contribution in [0, 0.1) is 0 Å². The van der Waals surface area contributed by atoms with Gasteiger partial charge in [-0.25, -0.2) is 4.79 Å². The van der Waals surface area contributed by atoms with Crippen LogP contribution in [-0.2, 0) is 4.79 Å². The molecule has 0 aliphatic heterocycles. The summed E-state index contributed by atoms with van der Waals surface area (Å²) < 4.78 is 4.94. The molecule has 1 aromatic rings. The normalized spacial score (nSPS) is 16.4. The van der Waals surface area contributed by atoms with Crippen LogP contribution in [0.3, 0.4) is 0 Å². The number of hydrogen-bond acceptors (Lipinski definition) is 4. The fourth-order valence-electron chi connectivity index (χ4n) is 2.46. The molecule has 0 bridgehead atoms. The molecule has 2 rings (SSSR count). The number of ether oxygens (including phenoxy) is 1. The average molecular weight is 292 g/mol. The van der Waals surface area contributed by atoms with Gasteiger partial charge in [-0.05, 0) is 37.1 Å². The monoisotopic (exact) mass is 292 g/mol. The molecular formula is C16H20O5. The zero-order valence-electron chi connectivity index (χ0n) is 11.8. The van der Waals surface area contributed by atoms with Gasteiger partial charge in [0.1, 0.15) is 11.4 Å². The van der Waals surface area contributed by atoms with Crippen molar-refractivity contribution in [2.45, 2.75) is 37.7 Å². The molecule has 3 N–H and O–H groups in total. The minimum Gasteiger partial charge on any atom is -0.423 e. The summed E-state index contributed by atoms with van der Waals surface area (Å²) in [5.74, 6) is -0.448. The van der Waals surface area contributed by atoms with Crippen molar-refractivity contribution in [1.82, 2.24) is 0 Å². The molecule has 1 saturated carbocycles. The molecule has 0 amide bonds. The highest BCUT2D eigenvalue weighted by molar-refractivity contribution is 6.02. The highest BCUT2D eigenvalue weighted by Gasteiger charge is 2.37. The first-order valence-electron chi connectivity index (χ1n) is 6.77. The van der Waals surface area contributed by atoms with E-state index in [0.717, 1.165) is 25.3 Å². The van der Waals surface area contributed by atoms with E-state index in [1.54, 1.807) is 24.3 Å². The molecule has 0 unspecified atom stereocenters. The van der Waals surface area contributed by atoms with E-state index in [1.807, 2.05) is 0 Å². The van der Waals surface area contributed by atoms with Crippen LogP contribution < -0.4 is 4.74 Å². The molecule has 0 aromatic heterocycles.